The lowest BCUT2D eigenvalue weighted by molar-refractivity contribution is 0.555. The lowest BCUT2D eigenvalue weighted by Crippen LogP contribution is -2.00. The van der Waals surface area contributed by atoms with E-state index in [1.165, 1.54) is 23.9 Å². The van der Waals surface area contributed by atoms with Crippen molar-refractivity contribution in [3.8, 4) is 11.4 Å². The maximum Gasteiger partial charge on any atom is 0.205 e. The van der Waals surface area contributed by atoms with Gasteiger partial charge in [-0.2, -0.15) is 0 Å². The van der Waals surface area contributed by atoms with Gasteiger partial charge in [0.25, 0.3) is 0 Å². The van der Waals surface area contributed by atoms with Crippen LogP contribution in [-0.2, 0) is 12.3 Å². The normalized spacial score (nSPS) is 11.1. The second kappa shape index (κ2) is 7.13. The van der Waals surface area contributed by atoms with Gasteiger partial charge < -0.3 is 4.42 Å². The molecule has 4 aromatic rings. The van der Waals surface area contributed by atoms with E-state index in [2.05, 4.69) is 21.8 Å². The zero-order chi connectivity index (χ0) is 17.9. The average molecular weight is 366 g/mol. The molecule has 0 N–H and O–H groups in total. The van der Waals surface area contributed by atoms with E-state index in [-0.39, 0.29) is 5.82 Å². The number of nitrogens with zero attached hydrogens (tertiary/aromatic N) is 4. The van der Waals surface area contributed by atoms with Crippen molar-refractivity contribution in [3.63, 3.8) is 0 Å². The fourth-order valence-electron chi connectivity index (χ4n) is 2.61. The quantitative estimate of drug-likeness (QED) is 0.366. The first-order valence-corrected chi connectivity index (χ1v) is 9.00. The largest absolute Gasteiger partial charge is 0.440 e. The van der Waals surface area contributed by atoms with Crippen LogP contribution in [0.4, 0.5) is 4.39 Å². The van der Waals surface area contributed by atoms with Gasteiger partial charge in [0.05, 0.1) is 5.75 Å². The van der Waals surface area contributed by atoms with Crippen LogP contribution in [-0.4, -0.2) is 19.7 Å². The summed E-state index contributed by atoms with van der Waals surface area (Å²) >= 11 is 1.49. The highest BCUT2D eigenvalue weighted by Crippen LogP contribution is 2.27. The van der Waals surface area contributed by atoms with Gasteiger partial charge in [0.1, 0.15) is 11.3 Å². The second-order valence-electron chi connectivity index (χ2n) is 5.58. The first-order valence-electron chi connectivity index (χ1n) is 8.02. The average Bonchev–Trinajstić information content (AvgIpc) is 3.25. The van der Waals surface area contributed by atoms with Gasteiger partial charge in [0.15, 0.2) is 16.6 Å². The van der Waals surface area contributed by atoms with Gasteiger partial charge in [0, 0.05) is 12.1 Å². The van der Waals surface area contributed by atoms with E-state index in [9.17, 15) is 4.39 Å². The highest BCUT2D eigenvalue weighted by atomic mass is 32.2. The van der Waals surface area contributed by atoms with E-state index in [1.54, 1.807) is 18.2 Å². The van der Waals surface area contributed by atoms with Crippen molar-refractivity contribution in [1.82, 2.24) is 19.7 Å². The summed E-state index contributed by atoms with van der Waals surface area (Å²) in [5.74, 6) is 1.56. The first-order chi connectivity index (χ1) is 12.7. The van der Waals surface area contributed by atoms with Crippen LogP contribution in [0, 0.1) is 5.82 Å². The van der Waals surface area contributed by atoms with Crippen molar-refractivity contribution in [2.24, 2.45) is 0 Å². The molecule has 0 amide bonds. The second-order valence-corrected chi connectivity index (χ2v) is 6.52. The predicted molar refractivity (Wildman–Crippen MR) is 99.2 cm³/mol. The van der Waals surface area contributed by atoms with Crippen molar-refractivity contribution in [2.45, 2.75) is 17.5 Å². The summed E-state index contributed by atoms with van der Waals surface area (Å²) < 4.78 is 20.9. The van der Waals surface area contributed by atoms with Gasteiger partial charge in [0.2, 0.25) is 5.89 Å². The molecule has 0 aliphatic rings. The number of hydrogen-bond donors (Lipinski definition) is 0. The molecule has 2 heterocycles. The molecule has 0 unspecified atom stereocenters. The maximum absolute atomic E-state index is 13.2. The lowest BCUT2D eigenvalue weighted by atomic mass is 10.2. The molecule has 7 heteroatoms. The molecule has 26 heavy (non-hydrogen) atoms. The van der Waals surface area contributed by atoms with Crippen LogP contribution >= 0.6 is 11.8 Å². The van der Waals surface area contributed by atoms with Crippen molar-refractivity contribution in [3.05, 3.63) is 72.9 Å². The number of halogens is 1. The summed E-state index contributed by atoms with van der Waals surface area (Å²) in [6.07, 6.45) is 1.78. The molecule has 0 aliphatic carbocycles. The van der Waals surface area contributed by atoms with E-state index >= 15 is 0 Å². The van der Waals surface area contributed by atoms with Crippen molar-refractivity contribution in [2.75, 3.05) is 0 Å². The van der Waals surface area contributed by atoms with Crippen molar-refractivity contribution in [1.29, 1.82) is 0 Å². The topological polar surface area (TPSA) is 56.7 Å². The highest BCUT2D eigenvalue weighted by molar-refractivity contribution is 7.98. The minimum atomic E-state index is -0.283. The van der Waals surface area contributed by atoms with Gasteiger partial charge in [-0.1, -0.05) is 30.0 Å². The number of rotatable bonds is 6. The number of para-hydroxylation sites is 2. The molecule has 0 saturated heterocycles. The Kier molecular flexibility index (Phi) is 4.53. The molecule has 0 radical (unpaired) electrons. The fourth-order valence-corrected chi connectivity index (χ4v) is 3.40. The van der Waals surface area contributed by atoms with E-state index < -0.39 is 0 Å². The number of benzene rings is 2. The molecule has 0 bridgehead atoms. The Labute approximate surface area is 153 Å². The smallest absolute Gasteiger partial charge is 0.205 e. The summed E-state index contributed by atoms with van der Waals surface area (Å²) in [5, 5.41) is 9.26. The standard InChI is InChI=1S/C19H15FN4OS/c1-2-11-24-18(13-7-9-14(20)10-8-13)22-23-19(24)26-12-17-21-15-5-3-4-6-16(15)25-17/h2-10H,1,11-12H2. The van der Waals surface area contributed by atoms with Crippen molar-refractivity contribution >= 4 is 22.9 Å². The lowest BCUT2D eigenvalue weighted by Gasteiger charge is -2.07. The number of fused-ring (bicyclic) bond motifs is 1. The first kappa shape index (κ1) is 16.5. The Balaban J connectivity index is 1.59. The predicted octanol–water partition coefficient (Wildman–Crippen LogP) is 4.70. The van der Waals surface area contributed by atoms with Crippen LogP contribution in [0.3, 0.4) is 0 Å². The summed E-state index contributed by atoms with van der Waals surface area (Å²) in [7, 11) is 0. The molecule has 0 fully saturated rings. The molecule has 0 spiro atoms. The molecule has 2 aromatic carbocycles. The van der Waals surface area contributed by atoms with Gasteiger partial charge in [-0.05, 0) is 36.4 Å². The van der Waals surface area contributed by atoms with Crippen LogP contribution in [0.1, 0.15) is 5.89 Å². The summed E-state index contributed by atoms with van der Waals surface area (Å²) in [6, 6.07) is 13.9. The third-order valence-electron chi connectivity index (χ3n) is 3.79. The Morgan fingerprint density at radius 3 is 2.69 bits per heavy atom. The maximum atomic E-state index is 13.2. The zero-order valence-electron chi connectivity index (χ0n) is 13.8. The Bertz CT molecular complexity index is 1020. The minimum Gasteiger partial charge on any atom is -0.440 e. The zero-order valence-corrected chi connectivity index (χ0v) is 14.6. The van der Waals surface area contributed by atoms with Gasteiger partial charge in [-0.25, -0.2) is 9.37 Å². The SMILES string of the molecule is C=CCn1c(SCc2nc3ccccc3o2)nnc1-c1ccc(F)cc1. The van der Waals surface area contributed by atoms with Gasteiger partial charge >= 0.3 is 0 Å². The molecule has 0 aliphatic heterocycles. The van der Waals surface area contributed by atoms with E-state index in [0.717, 1.165) is 21.8 Å². The third-order valence-corrected chi connectivity index (χ3v) is 4.75. The van der Waals surface area contributed by atoms with Crippen LogP contribution in [0.15, 0.2) is 70.8 Å². The molecular weight excluding hydrogens is 351 g/mol. The summed E-state index contributed by atoms with van der Waals surface area (Å²) in [5.41, 5.74) is 2.40. The molecule has 0 atom stereocenters. The van der Waals surface area contributed by atoms with Crippen LogP contribution < -0.4 is 0 Å². The number of allylic oxidation sites excluding steroid dienone is 1. The Morgan fingerprint density at radius 2 is 1.92 bits per heavy atom. The van der Waals surface area contributed by atoms with Crippen LogP contribution in [0.5, 0.6) is 0 Å². The number of thioether (sulfide) groups is 1. The number of hydrogen-bond acceptors (Lipinski definition) is 5. The molecule has 5 nitrogen and oxygen atoms in total. The van der Waals surface area contributed by atoms with Crippen LogP contribution in [0.2, 0.25) is 0 Å². The van der Waals surface area contributed by atoms with E-state index in [1.807, 2.05) is 28.8 Å². The van der Waals surface area contributed by atoms with Gasteiger partial charge in [-0.15, -0.1) is 16.8 Å². The molecule has 130 valence electrons. The van der Waals surface area contributed by atoms with Gasteiger partial charge in [-0.3, -0.25) is 4.57 Å². The van der Waals surface area contributed by atoms with E-state index in [4.69, 9.17) is 4.42 Å². The number of oxazole rings is 1. The third kappa shape index (κ3) is 3.25. The molecule has 4 rings (SSSR count). The summed E-state index contributed by atoms with van der Waals surface area (Å²) in [6.45, 7) is 4.35. The minimum absolute atomic E-state index is 0.283. The Morgan fingerprint density at radius 1 is 1.12 bits per heavy atom. The molecular formula is C19H15FN4OS. The van der Waals surface area contributed by atoms with Crippen LogP contribution in [0.25, 0.3) is 22.5 Å². The summed E-state index contributed by atoms with van der Waals surface area (Å²) in [4.78, 5) is 4.47. The molecule has 2 aromatic heterocycles. The molecule has 0 saturated carbocycles. The van der Waals surface area contributed by atoms with E-state index in [0.29, 0.717) is 24.0 Å². The monoisotopic (exact) mass is 366 g/mol. The van der Waals surface area contributed by atoms with Crippen molar-refractivity contribution < 1.29 is 8.81 Å². The fraction of sp³-hybridized carbons (Fsp3) is 0.105. The Hall–Kier alpha value is -2.93. The highest BCUT2D eigenvalue weighted by Gasteiger charge is 2.15. The number of aromatic nitrogens is 4.